The third-order valence-electron chi connectivity index (χ3n) is 4.48. The fraction of sp³-hybridized carbons (Fsp3) is 0.800. The molecule has 140 valence electrons. The van der Waals surface area contributed by atoms with Crippen molar-refractivity contribution in [2.45, 2.75) is 90.9 Å². The van der Waals surface area contributed by atoms with E-state index in [4.69, 9.17) is 5.11 Å². The zero-order valence-electron chi connectivity index (χ0n) is 15.5. The van der Waals surface area contributed by atoms with Gasteiger partial charge in [0.15, 0.2) is 0 Å². The van der Waals surface area contributed by atoms with Gasteiger partial charge in [0.05, 0.1) is 12.3 Å². The normalized spacial score (nSPS) is 13.9. The van der Waals surface area contributed by atoms with Crippen LogP contribution in [0.4, 0.5) is 0 Å². The highest BCUT2D eigenvalue weighted by molar-refractivity contribution is 5.78. The van der Waals surface area contributed by atoms with Crippen LogP contribution in [-0.4, -0.2) is 22.2 Å². The molecule has 0 saturated heterocycles. The summed E-state index contributed by atoms with van der Waals surface area (Å²) in [4.78, 5) is 22.5. The minimum atomic E-state index is -1.03. The number of hydrogen-bond donors (Lipinski definition) is 2. The lowest BCUT2D eigenvalue weighted by Crippen LogP contribution is -2.25. The number of unbranched alkanes of at least 4 members (excludes halogenated alkanes) is 8. The minimum absolute atomic E-state index is 0.175. The van der Waals surface area contributed by atoms with Crippen LogP contribution in [0.15, 0.2) is 12.2 Å². The first-order valence-corrected chi connectivity index (χ1v) is 9.64. The molecule has 0 aromatic heterocycles. The van der Waals surface area contributed by atoms with Crippen molar-refractivity contribution in [3.8, 4) is 0 Å². The Hall–Kier alpha value is -1.32. The molecule has 0 aromatic rings. The molecule has 2 atom stereocenters. The smallest absolute Gasteiger partial charge is 0.307 e. The first kappa shape index (κ1) is 22.7. The van der Waals surface area contributed by atoms with Crippen LogP contribution in [0.25, 0.3) is 0 Å². The molecule has 0 rings (SSSR count). The van der Waals surface area contributed by atoms with Crippen molar-refractivity contribution < 1.29 is 19.8 Å². The monoisotopic (exact) mass is 340 g/mol. The number of carbonyl (C=O) groups is 2. The van der Waals surface area contributed by atoms with Crippen LogP contribution in [-0.2, 0) is 9.59 Å². The topological polar surface area (TPSA) is 74.6 Å². The van der Waals surface area contributed by atoms with Gasteiger partial charge < -0.3 is 10.2 Å². The van der Waals surface area contributed by atoms with Crippen LogP contribution in [0.2, 0.25) is 0 Å². The van der Waals surface area contributed by atoms with E-state index in [9.17, 15) is 14.7 Å². The van der Waals surface area contributed by atoms with Crippen molar-refractivity contribution in [1.29, 1.82) is 0 Å². The molecule has 0 aromatic carbocycles. The summed E-state index contributed by atoms with van der Waals surface area (Å²) in [5.41, 5.74) is 0. The Labute approximate surface area is 147 Å². The molecule has 0 aliphatic heterocycles. The highest BCUT2D eigenvalue weighted by Crippen LogP contribution is 2.25. The second-order valence-corrected chi connectivity index (χ2v) is 6.69. The summed E-state index contributed by atoms with van der Waals surface area (Å²) in [6.07, 6.45) is 15.8. The molecule has 24 heavy (non-hydrogen) atoms. The number of aliphatic carboxylic acids is 2. The molecule has 0 radical (unpaired) electrons. The van der Waals surface area contributed by atoms with E-state index in [0.717, 1.165) is 44.9 Å². The summed E-state index contributed by atoms with van der Waals surface area (Å²) >= 11 is 0. The molecule has 0 bridgehead atoms. The number of carboxylic acids is 2. The van der Waals surface area contributed by atoms with E-state index in [2.05, 4.69) is 19.9 Å². The fourth-order valence-electron chi connectivity index (χ4n) is 2.99. The van der Waals surface area contributed by atoms with Gasteiger partial charge in [0.2, 0.25) is 0 Å². The number of allylic oxidation sites excluding steroid dienone is 2. The van der Waals surface area contributed by atoms with Crippen molar-refractivity contribution in [3.05, 3.63) is 12.2 Å². The molecular formula is C20H36O4. The van der Waals surface area contributed by atoms with Crippen LogP contribution in [0, 0.1) is 11.8 Å². The second-order valence-electron chi connectivity index (χ2n) is 6.69. The highest BCUT2D eigenvalue weighted by atomic mass is 16.4. The maximum absolute atomic E-state index is 11.5. The van der Waals surface area contributed by atoms with E-state index in [-0.39, 0.29) is 12.3 Å². The highest BCUT2D eigenvalue weighted by Gasteiger charge is 2.28. The van der Waals surface area contributed by atoms with E-state index in [1.807, 2.05) is 6.08 Å². The molecule has 0 aliphatic carbocycles. The first-order chi connectivity index (χ1) is 11.5. The Morgan fingerprint density at radius 2 is 1.46 bits per heavy atom. The zero-order valence-corrected chi connectivity index (χ0v) is 15.5. The lowest BCUT2D eigenvalue weighted by atomic mass is 9.84. The maximum Gasteiger partial charge on any atom is 0.307 e. The number of carboxylic acid groups (broad SMARTS) is 2. The van der Waals surface area contributed by atoms with Crippen LogP contribution in [0.3, 0.4) is 0 Å². The third kappa shape index (κ3) is 12.1. The maximum atomic E-state index is 11.5. The molecule has 0 fully saturated rings. The molecule has 0 saturated carbocycles. The molecule has 0 spiro atoms. The van der Waals surface area contributed by atoms with Crippen LogP contribution >= 0.6 is 0 Å². The SMILES string of the molecule is CCCCCCC/C=C/C(CCCCCC)C(CC(=O)O)C(=O)O. The Morgan fingerprint density at radius 1 is 0.875 bits per heavy atom. The van der Waals surface area contributed by atoms with Gasteiger partial charge in [-0.2, -0.15) is 0 Å². The lowest BCUT2D eigenvalue weighted by molar-refractivity contribution is -0.149. The van der Waals surface area contributed by atoms with Crippen molar-refractivity contribution in [2.24, 2.45) is 11.8 Å². The Morgan fingerprint density at radius 3 is 2.00 bits per heavy atom. The zero-order chi connectivity index (χ0) is 18.2. The summed E-state index contributed by atoms with van der Waals surface area (Å²) in [7, 11) is 0. The Balaban J connectivity index is 4.53. The summed E-state index contributed by atoms with van der Waals surface area (Å²) < 4.78 is 0. The van der Waals surface area contributed by atoms with Gasteiger partial charge in [-0.05, 0) is 25.2 Å². The summed E-state index contributed by atoms with van der Waals surface area (Å²) in [5, 5.41) is 18.4. The Kier molecular flexibility index (Phi) is 14.4. The van der Waals surface area contributed by atoms with E-state index < -0.39 is 17.9 Å². The fourth-order valence-corrected chi connectivity index (χ4v) is 2.99. The molecule has 2 unspecified atom stereocenters. The Bertz CT molecular complexity index is 363. The van der Waals surface area contributed by atoms with Gasteiger partial charge in [-0.25, -0.2) is 0 Å². The second kappa shape index (κ2) is 15.2. The third-order valence-corrected chi connectivity index (χ3v) is 4.48. The standard InChI is InChI=1S/C20H36O4/c1-3-5-7-9-10-11-13-15-17(14-12-8-6-4-2)18(20(23)24)16-19(21)22/h13,15,17-18H,3-12,14,16H2,1-2H3,(H,21,22)(H,23,24)/b15-13+. The quantitative estimate of drug-likeness (QED) is 0.280. The number of rotatable bonds is 16. The summed E-state index contributed by atoms with van der Waals surface area (Å²) in [5.74, 6) is -3.02. The molecular weight excluding hydrogens is 304 g/mol. The first-order valence-electron chi connectivity index (χ1n) is 9.64. The molecule has 0 aliphatic rings. The predicted molar refractivity (Wildman–Crippen MR) is 98.1 cm³/mol. The largest absolute Gasteiger partial charge is 0.481 e. The van der Waals surface area contributed by atoms with Gasteiger partial charge in [-0.3, -0.25) is 9.59 Å². The average molecular weight is 341 g/mol. The van der Waals surface area contributed by atoms with Gasteiger partial charge in [0, 0.05) is 0 Å². The van der Waals surface area contributed by atoms with Gasteiger partial charge >= 0.3 is 11.9 Å². The minimum Gasteiger partial charge on any atom is -0.481 e. The van der Waals surface area contributed by atoms with E-state index in [1.54, 1.807) is 0 Å². The summed E-state index contributed by atoms with van der Waals surface area (Å²) in [6, 6.07) is 0. The van der Waals surface area contributed by atoms with Crippen molar-refractivity contribution >= 4 is 11.9 Å². The van der Waals surface area contributed by atoms with Crippen molar-refractivity contribution in [2.75, 3.05) is 0 Å². The van der Waals surface area contributed by atoms with Gasteiger partial charge in [-0.1, -0.05) is 77.4 Å². The predicted octanol–water partition coefficient (Wildman–Crippen LogP) is 5.67. The van der Waals surface area contributed by atoms with E-state index in [1.165, 1.54) is 25.7 Å². The van der Waals surface area contributed by atoms with Gasteiger partial charge in [0.1, 0.15) is 0 Å². The van der Waals surface area contributed by atoms with E-state index in [0.29, 0.717) is 0 Å². The average Bonchev–Trinajstić information content (AvgIpc) is 2.53. The molecule has 0 heterocycles. The molecule has 0 amide bonds. The van der Waals surface area contributed by atoms with Crippen LogP contribution in [0.1, 0.15) is 90.9 Å². The van der Waals surface area contributed by atoms with Crippen molar-refractivity contribution in [1.82, 2.24) is 0 Å². The van der Waals surface area contributed by atoms with Crippen molar-refractivity contribution in [3.63, 3.8) is 0 Å². The van der Waals surface area contributed by atoms with E-state index >= 15 is 0 Å². The lowest BCUT2D eigenvalue weighted by Gasteiger charge is -2.20. The van der Waals surface area contributed by atoms with Gasteiger partial charge in [-0.15, -0.1) is 0 Å². The van der Waals surface area contributed by atoms with Gasteiger partial charge in [0.25, 0.3) is 0 Å². The molecule has 4 nitrogen and oxygen atoms in total. The van der Waals surface area contributed by atoms with Crippen LogP contribution in [0.5, 0.6) is 0 Å². The molecule has 2 N–H and O–H groups in total. The van der Waals surface area contributed by atoms with Crippen LogP contribution < -0.4 is 0 Å². The molecule has 4 heteroatoms. The summed E-state index contributed by atoms with van der Waals surface area (Å²) in [6.45, 7) is 4.33. The number of hydrogen-bond acceptors (Lipinski definition) is 2.